The zero-order valence-electron chi connectivity index (χ0n) is 9.23. The third kappa shape index (κ3) is 1.43. The normalized spacial score (nSPS) is 17.3. The number of imidazole rings is 1. The highest BCUT2D eigenvalue weighted by molar-refractivity contribution is 7.71. The van der Waals surface area contributed by atoms with E-state index in [-0.39, 0.29) is 5.54 Å². The molecular weight excluding hydrogens is 216 g/mol. The summed E-state index contributed by atoms with van der Waals surface area (Å²) in [5.74, 6) is 0. The van der Waals surface area contributed by atoms with Crippen molar-refractivity contribution in [1.29, 1.82) is 0 Å². The first-order chi connectivity index (χ1) is 7.71. The summed E-state index contributed by atoms with van der Waals surface area (Å²) < 4.78 is 3.09. The number of aromatic amines is 1. The van der Waals surface area contributed by atoms with Gasteiger partial charge >= 0.3 is 0 Å². The maximum atomic E-state index is 5.37. The quantitative estimate of drug-likeness (QED) is 0.780. The third-order valence-corrected chi connectivity index (χ3v) is 3.66. The molecule has 2 nitrogen and oxygen atoms in total. The van der Waals surface area contributed by atoms with Crippen LogP contribution in [-0.2, 0) is 5.54 Å². The molecule has 1 heterocycles. The van der Waals surface area contributed by atoms with Crippen molar-refractivity contribution in [3.63, 3.8) is 0 Å². The van der Waals surface area contributed by atoms with Crippen molar-refractivity contribution in [3.8, 4) is 11.3 Å². The van der Waals surface area contributed by atoms with Crippen molar-refractivity contribution >= 4 is 12.2 Å². The first-order valence-electron chi connectivity index (χ1n) is 5.57. The second-order valence-corrected chi connectivity index (χ2v) is 5.06. The van der Waals surface area contributed by atoms with Crippen LogP contribution in [0.15, 0.2) is 36.5 Å². The fourth-order valence-electron chi connectivity index (χ4n) is 2.13. The van der Waals surface area contributed by atoms with Gasteiger partial charge < -0.3 is 9.55 Å². The minimum Gasteiger partial charge on any atom is -0.337 e. The molecule has 1 aliphatic rings. The van der Waals surface area contributed by atoms with E-state index in [0.29, 0.717) is 0 Å². The van der Waals surface area contributed by atoms with Gasteiger partial charge in [-0.3, -0.25) is 0 Å². The minimum absolute atomic E-state index is 0.238. The van der Waals surface area contributed by atoms with Crippen LogP contribution in [0, 0.1) is 4.77 Å². The Morgan fingerprint density at radius 2 is 1.94 bits per heavy atom. The molecule has 16 heavy (non-hydrogen) atoms. The number of aromatic nitrogens is 2. The summed E-state index contributed by atoms with van der Waals surface area (Å²) >= 11 is 5.37. The molecule has 0 radical (unpaired) electrons. The van der Waals surface area contributed by atoms with Crippen LogP contribution in [-0.4, -0.2) is 9.55 Å². The molecule has 82 valence electrons. The highest BCUT2D eigenvalue weighted by Crippen LogP contribution is 2.45. The number of nitrogens with one attached hydrogen (secondary N) is 1. The number of H-pyrrole nitrogens is 1. The summed E-state index contributed by atoms with van der Waals surface area (Å²) in [4.78, 5) is 3.16. The van der Waals surface area contributed by atoms with E-state index in [1.807, 2.05) is 12.3 Å². The third-order valence-electron chi connectivity index (χ3n) is 3.36. The van der Waals surface area contributed by atoms with Gasteiger partial charge in [0.15, 0.2) is 4.77 Å². The second-order valence-electron chi connectivity index (χ2n) is 4.68. The summed E-state index contributed by atoms with van der Waals surface area (Å²) in [6, 6.07) is 10.4. The van der Waals surface area contributed by atoms with Crippen molar-refractivity contribution in [3.05, 3.63) is 41.3 Å². The molecule has 0 aliphatic heterocycles. The Bertz CT molecular complexity index is 561. The van der Waals surface area contributed by atoms with Gasteiger partial charge in [0.25, 0.3) is 0 Å². The lowest BCUT2D eigenvalue weighted by atomic mass is 10.1. The van der Waals surface area contributed by atoms with E-state index in [9.17, 15) is 0 Å². The van der Waals surface area contributed by atoms with Crippen molar-refractivity contribution in [2.24, 2.45) is 0 Å². The van der Waals surface area contributed by atoms with E-state index in [2.05, 4.69) is 40.7 Å². The maximum absolute atomic E-state index is 5.37. The second kappa shape index (κ2) is 3.32. The monoisotopic (exact) mass is 230 g/mol. The van der Waals surface area contributed by atoms with Gasteiger partial charge in [-0.05, 0) is 37.5 Å². The molecule has 0 saturated heterocycles. The lowest BCUT2D eigenvalue weighted by Crippen LogP contribution is -2.13. The SMILES string of the molecule is CC1(n2c(-c3ccccc3)c[nH]c2=S)CC1. The molecule has 0 unspecified atom stereocenters. The summed E-state index contributed by atoms with van der Waals surface area (Å²) in [5.41, 5.74) is 2.66. The van der Waals surface area contributed by atoms with Gasteiger partial charge in [-0.15, -0.1) is 0 Å². The van der Waals surface area contributed by atoms with E-state index in [0.717, 1.165) is 4.77 Å². The Balaban J connectivity index is 2.19. The van der Waals surface area contributed by atoms with E-state index in [4.69, 9.17) is 12.2 Å². The molecule has 1 N–H and O–H groups in total. The van der Waals surface area contributed by atoms with Crippen LogP contribution in [0.1, 0.15) is 19.8 Å². The molecule has 2 aromatic rings. The van der Waals surface area contributed by atoms with Crippen LogP contribution < -0.4 is 0 Å². The number of hydrogen-bond donors (Lipinski definition) is 1. The standard InChI is InChI=1S/C13H14N2S/c1-13(7-8-13)15-11(9-14-12(15)16)10-5-3-2-4-6-10/h2-6,9H,7-8H2,1H3,(H,14,16). The topological polar surface area (TPSA) is 20.7 Å². The van der Waals surface area contributed by atoms with Gasteiger partial charge in [-0.1, -0.05) is 30.3 Å². The minimum atomic E-state index is 0.238. The predicted molar refractivity (Wildman–Crippen MR) is 67.9 cm³/mol. The molecule has 0 atom stereocenters. The molecule has 1 saturated carbocycles. The van der Waals surface area contributed by atoms with Crippen LogP contribution in [0.2, 0.25) is 0 Å². The zero-order valence-corrected chi connectivity index (χ0v) is 10.1. The van der Waals surface area contributed by atoms with E-state index >= 15 is 0 Å². The van der Waals surface area contributed by atoms with Gasteiger partial charge in [0.2, 0.25) is 0 Å². The number of benzene rings is 1. The smallest absolute Gasteiger partial charge is 0.178 e. The number of hydrogen-bond acceptors (Lipinski definition) is 1. The lowest BCUT2D eigenvalue weighted by Gasteiger charge is -2.15. The average Bonchev–Trinajstić information content (AvgIpc) is 2.91. The Morgan fingerprint density at radius 3 is 2.56 bits per heavy atom. The van der Waals surface area contributed by atoms with Gasteiger partial charge in [0, 0.05) is 11.7 Å². The van der Waals surface area contributed by atoms with Gasteiger partial charge in [0.1, 0.15) is 0 Å². The van der Waals surface area contributed by atoms with Crippen LogP contribution in [0.5, 0.6) is 0 Å². The fourth-order valence-corrected chi connectivity index (χ4v) is 2.51. The average molecular weight is 230 g/mol. The van der Waals surface area contributed by atoms with Crippen LogP contribution in [0.4, 0.5) is 0 Å². The van der Waals surface area contributed by atoms with E-state index < -0.39 is 0 Å². The Kier molecular flexibility index (Phi) is 2.04. The van der Waals surface area contributed by atoms with Crippen molar-refractivity contribution in [2.75, 3.05) is 0 Å². The van der Waals surface area contributed by atoms with Crippen LogP contribution in [0.25, 0.3) is 11.3 Å². The van der Waals surface area contributed by atoms with Gasteiger partial charge in [-0.2, -0.15) is 0 Å². The molecular formula is C13H14N2S. The highest BCUT2D eigenvalue weighted by Gasteiger charge is 2.41. The molecule has 0 amide bonds. The fraction of sp³-hybridized carbons (Fsp3) is 0.308. The zero-order chi connectivity index (χ0) is 11.2. The molecule has 0 spiro atoms. The summed E-state index contributed by atoms with van der Waals surface area (Å²) in [5, 5.41) is 0. The van der Waals surface area contributed by atoms with E-state index in [1.54, 1.807) is 0 Å². The summed E-state index contributed by atoms with van der Waals surface area (Å²) in [7, 11) is 0. The number of rotatable bonds is 2. The van der Waals surface area contributed by atoms with Gasteiger partial charge in [-0.25, -0.2) is 0 Å². The Hall–Kier alpha value is -1.35. The molecule has 3 rings (SSSR count). The van der Waals surface area contributed by atoms with Crippen molar-refractivity contribution in [1.82, 2.24) is 9.55 Å². The Morgan fingerprint density at radius 1 is 1.25 bits per heavy atom. The van der Waals surface area contributed by atoms with Crippen LogP contribution >= 0.6 is 12.2 Å². The summed E-state index contributed by atoms with van der Waals surface area (Å²) in [6.45, 7) is 2.27. The molecule has 1 aromatic carbocycles. The molecule has 1 fully saturated rings. The molecule has 0 bridgehead atoms. The van der Waals surface area contributed by atoms with E-state index in [1.165, 1.54) is 24.1 Å². The number of nitrogens with zero attached hydrogens (tertiary/aromatic N) is 1. The van der Waals surface area contributed by atoms with Crippen molar-refractivity contribution < 1.29 is 0 Å². The maximum Gasteiger partial charge on any atom is 0.178 e. The Labute approximate surface area is 99.9 Å². The molecule has 1 aliphatic carbocycles. The largest absolute Gasteiger partial charge is 0.337 e. The van der Waals surface area contributed by atoms with Crippen LogP contribution in [0.3, 0.4) is 0 Å². The lowest BCUT2D eigenvalue weighted by molar-refractivity contribution is 0.531. The molecule has 3 heteroatoms. The summed E-state index contributed by atoms with van der Waals surface area (Å²) in [6.07, 6.45) is 4.46. The van der Waals surface area contributed by atoms with Gasteiger partial charge in [0.05, 0.1) is 5.69 Å². The van der Waals surface area contributed by atoms with Crippen molar-refractivity contribution in [2.45, 2.75) is 25.3 Å². The molecule has 1 aromatic heterocycles. The first-order valence-corrected chi connectivity index (χ1v) is 5.98. The highest BCUT2D eigenvalue weighted by atomic mass is 32.1. The predicted octanol–water partition coefficient (Wildman–Crippen LogP) is 3.72. The first kappa shape index (κ1) is 9.85.